The number of pyridine rings is 1. The van der Waals surface area contributed by atoms with Crippen LogP contribution in [0.2, 0.25) is 0 Å². The Labute approximate surface area is 104 Å². The third-order valence-corrected chi connectivity index (χ3v) is 4.63. The zero-order valence-electron chi connectivity index (χ0n) is 9.57. The molecule has 98 valence electrons. The van der Waals surface area contributed by atoms with Crippen LogP contribution in [0.3, 0.4) is 0 Å². The van der Waals surface area contributed by atoms with Crippen LogP contribution in [-0.4, -0.2) is 35.9 Å². The van der Waals surface area contributed by atoms with Crippen molar-refractivity contribution in [1.82, 2.24) is 4.98 Å². The van der Waals surface area contributed by atoms with E-state index < -0.39 is 14.8 Å². The van der Waals surface area contributed by atoms with Crippen LogP contribution in [0.15, 0.2) is 18.5 Å². The molecule has 0 atom stereocenters. The Morgan fingerprint density at radius 3 is 2.67 bits per heavy atom. The zero-order valence-corrected chi connectivity index (χ0v) is 10.4. The van der Waals surface area contributed by atoms with Crippen molar-refractivity contribution in [2.45, 2.75) is 18.9 Å². The van der Waals surface area contributed by atoms with E-state index >= 15 is 0 Å². The molecule has 0 bridgehead atoms. The van der Waals surface area contributed by atoms with Crippen molar-refractivity contribution in [3.8, 4) is 0 Å². The van der Waals surface area contributed by atoms with Crippen molar-refractivity contribution in [1.29, 1.82) is 0 Å². The number of hydrogen-bond donors (Lipinski definition) is 1. The Bertz CT molecular complexity index is 544. The lowest BCUT2D eigenvalue weighted by molar-refractivity contribution is -0.384. The Hall–Kier alpha value is -1.70. The van der Waals surface area contributed by atoms with Crippen molar-refractivity contribution in [2.24, 2.45) is 0 Å². The summed E-state index contributed by atoms with van der Waals surface area (Å²) < 4.78 is 22.6. The van der Waals surface area contributed by atoms with E-state index in [-0.39, 0.29) is 23.2 Å². The molecule has 2 rings (SSSR count). The van der Waals surface area contributed by atoms with Crippen LogP contribution in [-0.2, 0) is 9.84 Å². The predicted molar refractivity (Wildman–Crippen MR) is 66.2 cm³/mol. The van der Waals surface area contributed by atoms with Crippen LogP contribution in [0, 0.1) is 10.1 Å². The van der Waals surface area contributed by atoms with Gasteiger partial charge in [-0.1, -0.05) is 0 Å². The van der Waals surface area contributed by atoms with Gasteiger partial charge in [0.15, 0.2) is 0 Å². The van der Waals surface area contributed by atoms with Crippen LogP contribution < -0.4 is 5.32 Å². The second kappa shape index (κ2) is 4.89. The lowest BCUT2D eigenvalue weighted by Gasteiger charge is -2.23. The smallest absolute Gasteiger partial charge is 0.310 e. The van der Waals surface area contributed by atoms with Gasteiger partial charge in [-0.05, 0) is 18.9 Å². The summed E-state index contributed by atoms with van der Waals surface area (Å²) in [6.45, 7) is 0. The fourth-order valence-corrected chi connectivity index (χ4v) is 3.40. The Morgan fingerprint density at radius 1 is 1.39 bits per heavy atom. The first-order valence-electron chi connectivity index (χ1n) is 5.53. The largest absolute Gasteiger partial charge is 0.377 e. The topological polar surface area (TPSA) is 102 Å². The number of nitrogens with zero attached hydrogens (tertiary/aromatic N) is 2. The highest BCUT2D eigenvalue weighted by molar-refractivity contribution is 7.91. The fourth-order valence-electron chi connectivity index (χ4n) is 1.91. The van der Waals surface area contributed by atoms with E-state index in [0.717, 1.165) is 0 Å². The molecule has 0 saturated carbocycles. The van der Waals surface area contributed by atoms with Crippen LogP contribution in [0.4, 0.5) is 11.4 Å². The van der Waals surface area contributed by atoms with Crippen molar-refractivity contribution < 1.29 is 13.3 Å². The van der Waals surface area contributed by atoms with Gasteiger partial charge in [0, 0.05) is 12.2 Å². The minimum absolute atomic E-state index is 0.0466. The molecule has 0 aromatic carbocycles. The maximum Gasteiger partial charge on any atom is 0.310 e. The predicted octanol–water partition coefficient (Wildman–Crippen LogP) is 0.979. The van der Waals surface area contributed by atoms with Gasteiger partial charge in [0.05, 0.1) is 16.4 Å². The average Bonchev–Trinajstić information content (AvgIpc) is 2.32. The van der Waals surface area contributed by atoms with Gasteiger partial charge in [-0.15, -0.1) is 0 Å². The van der Waals surface area contributed by atoms with Crippen LogP contribution in [0.25, 0.3) is 0 Å². The lowest BCUT2D eigenvalue weighted by Crippen LogP contribution is -2.32. The number of rotatable bonds is 3. The quantitative estimate of drug-likeness (QED) is 0.649. The Kier molecular flexibility index (Phi) is 3.46. The average molecular weight is 271 g/mol. The second-order valence-corrected chi connectivity index (χ2v) is 6.52. The van der Waals surface area contributed by atoms with E-state index in [0.29, 0.717) is 18.5 Å². The minimum atomic E-state index is -2.92. The standard InChI is InChI=1S/C10H13N3O4S/c14-13(15)10-7-11-4-1-9(10)12-8-2-5-18(16,17)6-3-8/h1,4,7-8H,2-3,5-6H2,(H,11,12). The van der Waals surface area contributed by atoms with Crippen LogP contribution in [0.5, 0.6) is 0 Å². The first kappa shape index (κ1) is 12.7. The van der Waals surface area contributed by atoms with Gasteiger partial charge in [0.1, 0.15) is 21.7 Å². The zero-order chi connectivity index (χ0) is 13.2. The molecule has 1 N–H and O–H groups in total. The first-order chi connectivity index (χ1) is 8.48. The SMILES string of the molecule is O=[N+]([O-])c1cnccc1NC1CCS(=O)(=O)CC1. The highest BCUT2D eigenvalue weighted by Crippen LogP contribution is 2.25. The van der Waals surface area contributed by atoms with Gasteiger partial charge < -0.3 is 5.32 Å². The summed E-state index contributed by atoms with van der Waals surface area (Å²) in [6.07, 6.45) is 3.60. The summed E-state index contributed by atoms with van der Waals surface area (Å²) in [5, 5.41) is 13.8. The third kappa shape index (κ3) is 2.95. The van der Waals surface area contributed by atoms with Crippen LogP contribution in [0.1, 0.15) is 12.8 Å². The van der Waals surface area contributed by atoms with E-state index in [4.69, 9.17) is 0 Å². The maximum absolute atomic E-state index is 11.3. The number of sulfone groups is 1. The number of aromatic nitrogens is 1. The molecular weight excluding hydrogens is 258 g/mol. The van der Waals surface area contributed by atoms with E-state index in [9.17, 15) is 18.5 Å². The molecule has 1 aromatic heterocycles. The molecule has 1 fully saturated rings. The molecule has 1 aliphatic heterocycles. The monoisotopic (exact) mass is 271 g/mol. The van der Waals surface area contributed by atoms with Gasteiger partial charge in [-0.2, -0.15) is 0 Å². The fraction of sp³-hybridized carbons (Fsp3) is 0.500. The summed E-state index contributed by atoms with van der Waals surface area (Å²) in [5.74, 6) is 0.257. The maximum atomic E-state index is 11.3. The number of hydrogen-bond acceptors (Lipinski definition) is 6. The Morgan fingerprint density at radius 2 is 2.06 bits per heavy atom. The van der Waals surface area contributed by atoms with Gasteiger partial charge in [-0.3, -0.25) is 15.1 Å². The molecule has 0 radical (unpaired) electrons. The molecule has 18 heavy (non-hydrogen) atoms. The van der Waals surface area contributed by atoms with E-state index in [1.807, 2.05) is 0 Å². The Balaban J connectivity index is 2.09. The van der Waals surface area contributed by atoms with Crippen molar-refractivity contribution in [3.05, 3.63) is 28.6 Å². The van der Waals surface area contributed by atoms with Crippen LogP contribution >= 0.6 is 0 Å². The second-order valence-electron chi connectivity index (χ2n) is 4.22. The minimum Gasteiger partial charge on any atom is -0.377 e. The van der Waals surface area contributed by atoms with Gasteiger partial charge in [0.2, 0.25) is 0 Å². The summed E-state index contributed by atoms with van der Waals surface area (Å²) in [7, 11) is -2.92. The van der Waals surface area contributed by atoms with Gasteiger partial charge in [-0.25, -0.2) is 8.42 Å². The van der Waals surface area contributed by atoms with Crippen molar-refractivity contribution in [2.75, 3.05) is 16.8 Å². The highest BCUT2D eigenvalue weighted by atomic mass is 32.2. The normalized spacial score (nSPS) is 19.3. The number of nitrogens with one attached hydrogen (secondary N) is 1. The molecule has 0 spiro atoms. The molecule has 1 aliphatic rings. The van der Waals surface area contributed by atoms with E-state index in [1.54, 1.807) is 0 Å². The van der Waals surface area contributed by atoms with Crippen molar-refractivity contribution >= 4 is 21.2 Å². The first-order valence-corrected chi connectivity index (χ1v) is 7.35. The summed E-state index contributed by atoms with van der Waals surface area (Å²) >= 11 is 0. The van der Waals surface area contributed by atoms with E-state index in [2.05, 4.69) is 10.3 Å². The molecule has 7 nitrogen and oxygen atoms in total. The molecule has 1 aromatic rings. The summed E-state index contributed by atoms with van der Waals surface area (Å²) in [6, 6.07) is 1.48. The number of nitro groups is 1. The van der Waals surface area contributed by atoms with E-state index in [1.165, 1.54) is 18.5 Å². The molecule has 0 aliphatic carbocycles. The molecule has 2 heterocycles. The molecular formula is C10H13N3O4S. The summed E-state index contributed by atoms with van der Waals surface area (Å²) in [4.78, 5) is 14.0. The summed E-state index contributed by atoms with van der Waals surface area (Å²) in [5.41, 5.74) is 0.297. The molecule has 8 heteroatoms. The molecule has 0 unspecified atom stereocenters. The van der Waals surface area contributed by atoms with Gasteiger partial charge in [0.25, 0.3) is 0 Å². The molecule has 0 amide bonds. The molecule has 1 saturated heterocycles. The third-order valence-electron chi connectivity index (χ3n) is 2.91. The highest BCUT2D eigenvalue weighted by Gasteiger charge is 2.25. The van der Waals surface area contributed by atoms with Gasteiger partial charge >= 0.3 is 5.69 Å². The van der Waals surface area contributed by atoms with Crippen molar-refractivity contribution in [3.63, 3.8) is 0 Å². The number of anilines is 1. The lowest BCUT2D eigenvalue weighted by atomic mass is 10.1.